The van der Waals surface area contributed by atoms with Crippen LogP contribution in [0.3, 0.4) is 0 Å². The molecule has 2 fully saturated rings. The van der Waals surface area contributed by atoms with Gasteiger partial charge in [0.25, 0.3) is 5.91 Å². The second-order valence-corrected chi connectivity index (χ2v) is 6.82. The molecule has 5 heteroatoms. The van der Waals surface area contributed by atoms with E-state index in [1.807, 2.05) is 37.3 Å². The van der Waals surface area contributed by atoms with Gasteiger partial charge in [0.1, 0.15) is 0 Å². The maximum Gasteiger partial charge on any atom is 0.312 e. The minimum atomic E-state index is -1.62. The number of amides is 1. The first kappa shape index (κ1) is 16.9. The van der Waals surface area contributed by atoms with E-state index in [4.69, 9.17) is 4.74 Å². The molecule has 2 aliphatic rings. The van der Waals surface area contributed by atoms with Crippen molar-refractivity contribution in [3.8, 4) is 0 Å². The molecule has 3 rings (SSSR count). The number of hydrogen-bond donors (Lipinski definition) is 0. The Bertz CT molecular complexity index is 614. The number of carbonyl (C=O) groups excluding carboxylic acids is 2. The van der Waals surface area contributed by atoms with Crippen molar-refractivity contribution in [1.82, 2.24) is 4.90 Å². The van der Waals surface area contributed by atoms with Gasteiger partial charge >= 0.3 is 5.97 Å². The Hall–Kier alpha value is -1.91. The number of esters is 1. The molecule has 1 saturated heterocycles. The average Bonchev–Trinajstić information content (AvgIpc) is 2.84. The van der Waals surface area contributed by atoms with Crippen LogP contribution in [-0.2, 0) is 14.3 Å². The summed E-state index contributed by atoms with van der Waals surface area (Å²) in [5.41, 5.74) is 0.147. The van der Waals surface area contributed by atoms with Gasteiger partial charge < -0.3 is 9.64 Å². The third-order valence-electron chi connectivity index (χ3n) is 5.65. The summed E-state index contributed by atoms with van der Waals surface area (Å²) in [5, 5.41) is 0. The van der Waals surface area contributed by atoms with E-state index in [0.717, 1.165) is 12.0 Å². The van der Waals surface area contributed by atoms with Gasteiger partial charge in [-0.2, -0.15) is 0 Å². The molecular formula is C19H24FNO3. The topological polar surface area (TPSA) is 46.6 Å². The Morgan fingerprint density at radius 1 is 1.38 bits per heavy atom. The van der Waals surface area contributed by atoms with E-state index in [2.05, 4.69) is 0 Å². The summed E-state index contributed by atoms with van der Waals surface area (Å²) in [6.07, 6.45) is 0.473. The van der Waals surface area contributed by atoms with E-state index in [1.54, 1.807) is 11.8 Å². The van der Waals surface area contributed by atoms with Crippen molar-refractivity contribution in [3.05, 3.63) is 35.9 Å². The van der Waals surface area contributed by atoms with Crippen molar-refractivity contribution < 1.29 is 18.7 Å². The van der Waals surface area contributed by atoms with Gasteiger partial charge in [0.2, 0.25) is 0 Å². The standard InChI is InChI=1S/C19H24FNO3/c1-3-24-18(23)19(10-7-11-19)15-12-21(17(22)16(15)20)13(2)14-8-5-4-6-9-14/h4-6,8-9,13,15-16H,3,7,10-12H2,1-2H3/t13-,15-,16?/m0/s1. The maximum absolute atomic E-state index is 14.8. The predicted molar refractivity (Wildman–Crippen MR) is 87.9 cm³/mol. The predicted octanol–water partition coefficient (Wildman–Crippen LogP) is 3.28. The molecule has 1 aromatic carbocycles. The molecule has 0 bridgehead atoms. The fourth-order valence-corrected chi connectivity index (χ4v) is 4.00. The molecule has 0 radical (unpaired) electrons. The van der Waals surface area contributed by atoms with Gasteiger partial charge in [0.05, 0.1) is 18.1 Å². The zero-order valence-corrected chi connectivity index (χ0v) is 14.2. The maximum atomic E-state index is 14.8. The number of hydrogen-bond acceptors (Lipinski definition) is 3. The van der Waals surface area contributed by atoms with Gasteiger partial charge in [-0.1, -0.05) is 36.8 Å². The van der Waals surface area contributed by atoms with Crippen molar-refractivity contribution in [2.75, 3.05) is 13.2 Å². The fourth-order valence-electron chi connectivity index (χ4n) is 4.00. The lowest BCUT2D eigenvalue weighted by atomic mass is 9.60. The number of halogens is 1. The van der Waals surface area contributed by atoms with E-state index >= 15 is 0 Å². The van der Waals surface area contributed by atoms with E-state index < -0.39 is 23.4 Å². The highest BCUT2D eigenvalue weighted by Crippen LogP contribution is 2.53. The molecule has 1 heterocycles. The van der Waals surface area contributed by atoms with Gasteiger partial charge in [0.15, 0.2) is 6.17 Å². The highest BCUT2D eigenvalue weighted by atomic mass is 19.1. The second-order valence-electron chi connectivity index (χ2n) is 6.82. The molecule has 0 N–H and O–H groups in total. The molecule has 4 nitrogen and oxygen atoms in total. The summed E-state index contributed by atoms with van der Waals surface area (Å²) >= 11 is 0. The normalized spacial score (nSPS) is 26.8. The van der Waals surface area contributed by atoms with Crippen LogP contribution in [-0.4, -0.2) is 36.1 Å². The van der Waals surface area contributed by atoms with Crippen molar-refractivity contribution in [2.45, 2.75) is 45.3 Å². The highest BCUT2D eigenvalue weighted by molar-refractivity contribution is 5.87. The number of alkyl halides is 1. The molecule has 1 unspecified atom stereocenters. The van der Waals surface area contributed by atoms with Crippen LogP contribution in [0.15, 0.2) is 30.3 Å². The minimum Gasteiger partial charge on any atom is -0.466 e. The monoisotopic (exact) mass is 333 g/mol. The summed E-state index contributed by atoms with van der Waals surface area (Å²) in [6, 6.07) is 9.38. The lowest BCUT2D eigenvalue weighted by molar-refractivity contribution is -0.168. The van der Waals surface area contributed by atoms with Crippen LogP contribution in [0, 0.1) is 11.3 Å². The minimum absolute atomic E-state index is 0.207. The van der Waals surface area contributed by atoms with Crippen LogP contribution in [0.2, 0.25) is 0 Å². The third-order valence-corrected chi connectivity index (χ3v) is 5.65. The smallest absolute Gasteiger partial charge is 0.312 e. The van der Waals surface area contributed by atoms with Gasteiger partial charge in [-0.25, -0.2) is 4.39 Å². The van der Waals surface area contributed by atoms with E-state index in [9.17, 15) is 14.0 Å². The molecule has 1 saturated carbocycles. The number of nitrogens with zero attached hydrogens (tertiary/aromatic N) is 1. The number of carbonyl (C=O) groups is 2. The SMILES string of the molecule is CCOC(=O)C1([C@H]2CN([C@@H](C)c3ccccc3)C(=O)C2F)CCC1. The van der Waals surface area contributed by atoms with Crippen molar-refractivity contribution >= 4 is 11.9 Å². The molecule has 1 aliphatic carbocycles. The van der Waals surface area contributed by atoms with E-state index in [0.29, 0.717) is 12.8 Å². The van der Waals surface area contributed by atoms with E-state index in [-0.39, 0.29) is 25.2 Å². The molecule has 24 heavy (non-hydrogen) atoms. The van der Waals surface area contributed by atoms with Crippen molar-refractivity contribution in [3.63, 3.8) is 0 Å². The van der Waals surface area contributed by atoms with Gasteiger partial charge in [0, 0.05) is 12.5 Å². The summed E-state index contributed by atoms with van der Waals surface area (Å²) in [4.78, 5) is 26.5. The third kappa shape index (κ3) is 2.60. The van der Waals surface area contributed by atoms with Gasteiger partial charge in [-0.15, -0.1) is 0 Å². The average molecular weight is 333 g/mol. The van der Waals surface area contributed by atoms with Crippen LogP contribution in [0.1, 0.15) is 44.7 Å². The molecule has 1 aromatic rings. The van der Waals surface area contributed by atoms with E-state index in [1.165, 1.54) is 0 Å². The number of benzene rings is 1. The number of rotatable bonds is 5. The Kier molecular flexibility index (Phi) is 4.61. The molecule has 3 atom stereocenters. The first-order valence-electron chi connectivity index (χ1n) is 8.68. The first-order valence-corrected chi connectivity index (χ1v) is 8.68. The largest absolute Gasteiger partial charge is 0.466 e. The summed E-state index contributed by atoms with van der Waals surface area (Å²) < 4.78 is 20.0. The van der Waals surface area contributed by atoms with Crippen LogP contribution < -0.4 is 0 Å². The van der Waals surface area contributed by atoms with Gasteiger partial charge in [-0.3, -0.25) is 9.59 Å². The van der Waals surface area contributed by atoms with Crippen LogP contribution in [0.5, 0.6) is 0 Å². The Labute approximate surface area is 142 Å². The molecule has 1 amide bonds. The van der Waals surface area contributed by atoms with Crippen LogP contribution >= 0.6 is 0 Å². The quantitative estimate of drug-likeness (QED) is 0.777. The zero-order valence-electron chi connectivity index (χ0n) is 14.2. The Morgan fingerprint density at radius 3 is 2.58 bits per heavy atom. The number of ether oxygens (including phenoxy) is 1. The Balaban J connectivity index is 1.82. The molecule has 0 aromatic heterocycles. The molecule has 130 valence electrons. The molecule has 1 aliphatic heterocycles. The summed E-state index contributed by atoms with van der Waals surface area (Å²) in [7, 11) is 0. The van der Waals surface area contributed by atoms with Gasteiger partial charge in [-0.05, 0) is 32.3 Å². The lowest BCUT2D eigenvalue weighted by Gasteiger charge is -2.44. The zero-order chi connectivity index (χ0) is 17.3. The second kappa shape index (κ2) is 6.54. The Morgan fingerprint density at radius 2 is 2.04 bits per heavy atom. The summed E-state index contributed by atoms with van der Waals surface area (Å²) in [5.74, 6) is -1.46. The molecule has 0 spiro atoms. The van der Waals surface area contributed by atoms with Crippen LogP contribution in [0.4, 0.5) is 4.39 Å². The highest BCUT2D eigenvalue weighted by Gasteiger charge is 2.60. The summed E-state index contributed by atoms with van der Waals surface area (Å²) in [6.45, 7) is 4.21. The van der Waals surface area contributed by atoms with Crippen molar-refractivity contribution in [1.29, 1.82) is 0 Å². The van der Waals surface area contributed by atoms with Crippen molar-refractivity contribution in [2.24, 2.45) is 11.3 Å². The first-order chi connectivity index (χ1) is 11.5. The van der Waals surface area contributed by atoms with Crippen LogP contribution in [0.25, 0.3) is 0 Å². The fraction of sp³-hybridized carbons (Fsp3) is 0.579. The molecular weight excluding hydrogens is 309 g/mol. The number of likely N-dealkylation sites (tertiary alicyclic amines) is 1. The lowest BCUT2D eigenvalue weighted by Crippen LogP contribution is -2.49.